The molecule has 2 unspecified atom stereocenters. The summed E-state index contributed by atoms with van der Waals surface area (Å²) in [6, 6.07) is 5.63. The number of benzene rings is 1. The van der Waals surface area contributed by atoms with Crippen LogP contribution in [0.4, 0.5) is 0 Å². The molecule has 0 radical (unpaired) electrons. The second kappa shape index (κ2) is 7.17. The number of nitrogens with zero attached hydrogens (tertiary/aromatic N) is 2. The minimum Gasteiger partial charge on any atom is -0.349 e. The predicted octanol–water partition coefficient (Wildman–Crippen LogP) is -0.933. The highest BCUT2D eigenvalue weighted by molar-refractivity contribution is 7.91. The Hall–Kier alpha value is -2.46. The van der Waals surface area contributed by atoms with Crippen molar-refractivity contribution in [1.82, 2.24) is 20.0 Å². The SMILES string of the molecule is O=C(Cn1[nH]c(=O)c2ccccc2c1=O)NC1CS(=O)(=O)CC1N1CCCC1. The molecule has 2 aliphatic rings. The van der Waals surface area contributed by atoms with Crippen LogP contribution in [0.25, 0.3) is 10.8 Å². The molecule has 0 bridgehead atoms. The van der Waals surface area contributed by atoms with Crippen LogP contribution in [-0.2, 0) is 21.2 Å². The van der Waals surface area contributed by atoms with E-state index in [2.05, 4.69) is 15.3 Å². The summed E-state index contributed by atoms with van der Waals surface area (Å²) in [4.78, 5) is 39.3. The number of likely N-dealkylation sites (tertiary alicyclic amines) is 1. The lowest BCUT2D eigenvalue weighted by Crippen LogP contribution is -2.51. The molecular formula is C18H22N4O5S. The summed E-state index contributed by atoms with van der Waals surface area (Å²) < 4.78 is 25.2. The van der Waals surface area contributed by atoms with Crippen LogP contribution in [-0.4, -0.2) is 65.7 Å². The third-order valence-electron chi connectivity index (χ3n) is 5.46. The van der Waals surface area contributed by atoms with Crippen LogP contribution in [0.3, 0.4) is 0 Å². The number of carbonyl (C=O) groups excluding carboxylic acids is 1. The van der Waals surface area contributed by atoms with Crippen LogP contribution in [0, 0.1) is 0 Å². The lowest BCUT2D eigenvalue weighted by molar-refractivity contribution is -0.122. The zero-order chi connectivity index (χ0) is 19.9. The van der Waals surface area contributed by atoms with E-state index in [1.165, 1.54) is 6.07 Å². The van der Waals surface area contributed by atoms with Crippen LogP contribution in [0.15, 0.2) is 33.9 Å². The Kier molecular flexibility index (Phi) is 4.84. The van der Waals surface area contributed by atoms with E-state index in [-0.39, 0.29) is 34.9 Å². The summed E-state index contributed by atoms with van der Waals surface area (Å²) in [6.07, 6.45) is 2.04. The number of rotatable bonds is 4. The molecule has 4 rings (SSSR count). The van der Waals surface area contributed by atoms with Gasteiger partial charge in [0.1, 0.15) is 6.54 Å². The van der Waals surface area contributed by atoms with E-state index in [0.717, 1.165) is 30.6 Å². The summed E-state index contributed by atoms with van der Waals surface area (Å²) in [6.45, 7) is 1.27. The van der Waals surface area contributed by atoms with E-state index in [0.29, 0.717) is 0 Å². The largest absolute Gasteiger partial charge is 0.349 e. The molecule has 0 aliphatic carbocycles. The monoisotopic (exact) mass is 406 g/mol. The van der Waals surface area contributed by atoms with Crippen molar-refractivity contribution in [1.29, 1.82) is 0 Å². The summed E-state index contributed by atoms with van der Waals surface area (Å²) in [5.41, 5.74) is -0.929. The Bertz CT molecular complexity index is 1130. The first-order valence-electron chi connectivity index (χ1n) is 9.30. The summed E-state index contributed by atoms with van der Waals surface area (Å²) in [5, 5.41) is 5.68. The van der Waals surface area contributed by atoms with Gasteiger partial charge in [-0.15, -0.1) is 0 Å². The number of carbonyl (C=O) groups is 1. The van der Waals surface area contributed by atoms with Crippen LogP contribution >= 0.6 is 0 Å². The van der Waals surface area contributed by atoms with E-state index in [1.807, 2.05) is 0 Å². The summed E-state index contributed by atoms with van der Waals surface area (Å²) >= 11 is 0. The van der Waals surface area contributed by atoms with Gasteiger partial charge in [-0.25, -0.2) is 13.1 Å². The molecular weight excluding hydrogens is 384 g/mol. The number of sulfone groups is 1. The van der Waals surface area contributed by atoms with E-state index >= 15 is 0 Å². The Morgan fingerprint density at radius 2 is 1.79 bits per heavy atom. The highest BCUT2D eigenvalue weighted by Crippen LogP contribution is 2.22. The van der Waals surface area contributed by atoms with E-state index in [1.54, 1.807) is 18.2 Å². The van der Waals surface area contributed by atoms with Crippen molar-refractivity contribution in [2.24, 2.45) is 0 Å². The number of amides is 1. The van der Waals surface area contributed by atoms with Crippen LogP contribution in [0.5, 0.6) is 0 Å². The fourth-order valence-electron chi connectivity index (χ4n) is 4.15. The fourth-order valence-corrected chi connectivity index (χ4v) is 6.11. The van der Waals surface area contributed by atoms with Gasteiger partial charge in [-0.2, -0.15) is 0 Å². The number of fused-ring (bicyclic) bond motifs is 1. The minimum absolute atomic E-state index is 0.0324. The van der Waals surface area contributed by atoms with Crippen molar-refractivity contribution >= 4 is 26.5 Å². The van der Waals surface area contributed by atoms with Crippen molar-refractivity contribution in [3.05, 3.63) is 45.0 Å². The van der Waals surface area contributed by atoms with Crippen LogP contribution in [0.2, 0.25) is 0 Å². The second-order valence-corrected chi connectivity index (χ2v) is 9.59. The zero-order valence-corrected chi connectivity index (χ0v) is 16.1. The average Bonchev–Trinajstić information content (AvgIpc) is 3.27. The van der Waals surface area contributed by atoms with Gasteiger partial charge in [-0.05, 0) is 38.1 Å². The second-order valence-electron chi connectivity index (χ2n) is 7.44. The van der Waals surface area contributed by atoms with Gasteiger partial charge in [0.05, 0.1) is 28.3 Å². The van der Waals surface area contributed by atoms with E-state index < -0.39 is 32.9 Å². The first kappa shape index (κ1) is 18.9. The molecule has 150 valence electrons. The van der Waals surface area contributed by atoms with Gasteiger partial charge < -0.3 is 5.32 Å². The third kappa shape index (κ3) is 3.61. The summed E-state index contributed by atoms with van der Waals surface area (Å²) in [7, 11) is -3.23. The summed E-state index contributed by atoms with van der Waals surface area (Å²) in [5.74, 6) is -0.576. The predicted molar refractivity (Wildman–Crippen MR) is 104 cm³/mol. The lowest BCUT2D eigenvalue weighted by Gasteiger charge is -2.28. The van der Waals surface area contributed by atoms with Crippen LogP contribution in [0.1, 0.15) is 12.8 Å². The smallest absolute Gasteiger partial charge is 0.273 e. The fraction of sp³-hybridized carbons (Fsp3) is 0.500. The maximum atomic E-state index is 12.5. The molecule has 1 amide bonds. The first-order valence-corrected chi connectivity index (χ1v) is 11.1. The normalized spacial score (nSPS) is 24.6. The van der Waals surface area contributed by atoms with E-state index in [9.17, 15) is 22.8 Å². The number of hydrogen-bond acceptors (Lipinski definition) is 6. The lowest BCUT2D eigenvalue weighted by atomic mass is 10.1. The molecule has 1 aromatic heterocycles. The standard InChI is InChI=1S/C18H22N4O5S/c23-16(9-22-18(25)13-6-2-1-5-12(13)17(24)20-22)19-14-10-28(26,27)11-15(14)21-7-3-4-8-21/h1-2,5-6,14-15H,3-4,7-11H2,(H,19,23)(H,20,24). The van der Waals surface area contributed by atoms with Gasteiger partial charge in [0.2, 0.25) is 5.91 Å². The molecule has 2 fully saturated rings. The van der Waals surface area contributed by atoms with Gasteiger partial charge in [0.25, 0.3) is 11.1 Å². The number of nitrogens with one attached hydrogen (secondary N) is 2. The molecule has 2 atom stereocenters. The Morgan fingerprint density at radius 1 is 1.11 bits per heavy atom. The molecule has 0 saturated carbocycles. The van der Waals surface area contributed by atoms with Gasteiger partial charge in [-0.3, -0.25) is 24.4 Å². The molecule has 2 aliphatic heterocycles. The highest BCUT2D eigenvalue weighted by atomic mass is 32.2. The zero-order valence-electron chi connectivity index (χ0n) is 15.3. The molecule has 3 heterocycles. The Labute approximate surface area is 161 Å². The molecule has 2 N–H and O–H groups in total. The van der Waals surface area contributed by atoms with Crippen molar-refractivity contribution in [2.75, 3.05) is 24.6 Å². The van der Waals surface area contributed by atoms with E-state index in [4.69, 9.17) is 0 Å². The van der Waals surface area contributed by atoms with Crippen molar-refractivity contribution in [3.8, 4) is 0 Å². The molecule has 28 heavy (non-hydrogen) atoms. The molecule has 1 aromatic carbocycles. The average molecular weight is 406 g/mol. The molecule has 2 aromatic rings. The van der Waals surface area contributed by atoms with Gasteiger partial charge in [-0.1, -0.05) is 12.1 Å². The highest BCUT2D eigenvalue weighted by Gasteiger charge is 2.42. The minimum atomic E-state index is -3.23. The van der Waals surface area contributed by atoms with Crippen molar-refractivity contribution in [2.45, 2.75) is 31.5 Å². The Morgan fingerprint density at radius 3 is 2.50 bits per heavy atom. The number of H-pyrrole nitrogens is 1. The Balaban J connectivity index is 1.54. The molecule has 10 heteroatoms. The third-order valence-corrected chi connectivity index (χ3v) is 7.18. The number of aromatic amines is 1. The van der Waals surface area contributed by atoms with Gasteiger partial charge in [0, 0.05) is 6.04 Å². The maximum absolute atomic E-state index is 12.5. The number of hydrogen-bond donors (Lipinski definition) is 2. The maximum Gasteiger partial charge on any atom is 0.273 e. The molecule has 9 nitrogen and oxygen atoms in total. The quantitative estimate of drug-likeness (QED) is 0.677. The number of aromatic nitrogens is 2. The topological polar surface area (TPSA) is 121 Å². The first-order chi connectivity index (χ1) is 13.3. The van der Waals surface area contributed by atoms with Crippen LogP contribution < -0.4 is 16.4 Å². The molecule has 2 saturated heterocycles. The molecule has 0 spiro atoms. The van der Waals surface area contributed by atoms with Gasteiger partial charge in [0.15, 0.2) is 9.84 Å². The van der Waals surface area contributed by atoms with Crippen molar-refractivity contribution in [3.63, 3.8) is 0 Å². The van der Waals surface area contributed by atoms with Gasteiger partial charge >= 0.3 is 0 Å². The van der Waals surface area contributed by atoms with Crippen molar-refractivity contribution < 1.29 is 13.2 Å².